The molecule has 0 fully saturated rings. The Balaban J connectivity index is 2.11. The summed E-state index contributed by atoms with van der Waals surface area (Å²) in [4.78, 5) is 24.3. The van der Waals surface area contributed by atoms with Crippen molar-refractivity contribution in [2.75, 3.05) is 5.32 Å². The monoisotopic (exact) mass is 272 g/mol. The molecule has 2 aromatic rings. The van der Waals surface area contributed by atoms with Gasteiger partial charge in [-0.2, -0.15) is 0 Å². The van der Waals surface area contributed by atoms with Gasteiger partial charge < -0.3 is 5.32 Å². The largest absolute Gasteiger partial charge is 0.320 e. The number of aromatic nitrogens is 2. The number of amides is 1. The van der Waals surface area contributed by atoms with E-state index >= 15 is 0 Å². The molecular weight excluding hydrogens is 264 g/mol. The van der Waals surface area contributed by atoms with Crippen molar-refractivity contribution in [1.82, 2.24) is 9.97 Å². The zero-order valence-electron chi connectivity index (χ0n) is 10.0. The zero-order chi connectivity index (χ0) is 13.4. The van der Waals surface area contributed by atoms with E-state index in [1.54, 1.807) is 6.92 Å². The highest BCUT2D eigenvalue weighted by Crippen LogP contribution is 2.25. The van der Waals surface area contributed by atoms with E-state index in [0.29, 0.717) is 22.5 Å². The van der Waals surface area contributed by atoms with Crippen molar-refractivity contribution in [3.8, 4) is 0 Å². The number of anilines is 1. The number of aryl methyl sites for hydroxylation is 1. The minimum atomic E-state index is -0.242. The summed E-state index contributed by atoms with van der Waals surface area (Å²) in [6.45, 7) is 1.72. The summed E-state index contributed by atoms with van der Waals surface area (Å²) in [6, 6.07) is 8.89. The van der Waals surface area contributed by atoms with Gasteiger partial charge in [-0.15, -0.1) is 0 Å². The summed E-state index contributed by atoms with van der Waals surface area (Å²) < 4.78 is 0. The maximum absolute atomic E-state index is 11.9. The molecule has 1 N–H and O–H groups in total. The molecule has 1 aromatic carbocycles. The molecule has 0 aliphatic carbocycles. The van der Waals surface area contributed by atoms with E-state index in [9.17, 15) is 4.79 Å². The number of aliphatic imine (C=N–C) groups is 1. The number of rotatable bonds is 1. The first kappa shape index (κ1) is 11.8. The molecule has 19 heavy (non-hydrogen) atoms. The van der Waals surface area contributed by atoms with E-state index in [1.807, 2.05) is 24.3 Å². The standard InChI is InChI=1S/C13H9ClN4O/c1-7-15-10(14)6-11(16-7)18-12-8-4-2-3-5-9(8)17-13(12)19/h2-6H,1H3,(H,15,16,17,18,19). The van der Waals surface area contributed by atoms with Crippen LogP contribution < -0.4 is 5.32 Å². The second-order valence-corrected chi connectivity index (χ2v) is 4.44. The molecule has 0 unspecified atom stereocenters. The van der Waals surface area contributed by atoms with Crippen molar-refractivity contribution in [2.45, 2.75) is 6.92 Å². The Morgan fingerprint density at radius 1 is 1.26 bits per heavy atom. The number of para-hydroxylation sites is 1. The normalized spacial score (nSPS) is 15.5. The molecule has 1 aromatic heterocycles. The lowest BCUT2D eigenvalue weighted by atomic mass is 10.1. The first-order valence-corrected chi connectivity index (χ1v) is 6.02. The summed E-state index contributed by atoms with van der Waals surface area (Å²) in [6.07, 6.45) is 0. The summed E-state index contributed by atoms with van der Waals surface area (Å²) in [5, 5.41) is 3.06. The third-order valence-electron chi connectivity index (χ3n) is 2.66. The number of carbonyl (C=O) groups excluding carboxylic acids is 1. The van der Waals surface area contributed by atoms with Crippen LogP contribution in [0.3, 0.4) is 0 Å². The van der Waals surface area contributed by atoms with E-state index in [4.69, 9.17) is 11.6 Å². The Bertz CT molecular complexity index is 691. The van der Waals surface area contributed by atoms with E-state index in [2.05, 4.69) is 20.3 Å². The number of hydrogen-bond donors (Lipinski definition) is 1. The zero-order valence-corrected chi connectivity index (χ0v) is 10.8. The van der Waals surface area contributed by atoms with Crippen molar-refractivity contribution >= 4 is 34.7 Å². The third kappa shape index (κ3) is 2.20. The van der Waals surface area contributed by atoms with E-state index < -0.39 is 0 Å². The van der Waals surface area contributed by atoms with Crippen molar-refractivity contribution in [3.63, 3.8) is 0 Å². The molecule has 1 aliphatic heterocycles. The number of fused-ring (bicyclic) bond motifs is 1. The molecule has 2 heterocycles. The summed E-state index contributed by atoms with van der Waals surface area (Å²) in [5.41, 5.74) is 1.85. The average Bonchev–Trinajstić information content (AvgIpc) is 2.65. The van der Waals surface area contributed by atoms with Gasteiger partial charge in [-0.1, -0.05) is 29.8 Å². The number of halogens is 1. The number of benzene rings is 1. The number of nitrogens with zero attached hydrogens (tertiary/aromatic N) is 3. The number of nitrogens with one attached hydrogen (secondary N) is 1. The molecule has 94 valence electrons. The van der Waals surface area contributed by atoms with Gasteiger partial charge in [0.15, 0.2) is 5.82 Å². The fourth-order valence-corrected chi connectivity index (χ4v) is 2.12. The molecule has 0 radical (unpaired) electrons. The van der Waals surface area contributed by atoms with Gasteiger partial charge in [-0.3, -0.25) is 4.79 Å². The highest BCUT2D eigenvalue weighted by molar-refractivity contribution is 6.54. The number of hydrogen-bond acceptors (Lipinski definition) is 4. The van der Waals surface area contributed by atoms with E-state index in [-0.39, 0.29) is 5.91 Å². The first-order valence-electron chi connectivity index (χ1n) is 5.64. The minimum Gasteiger partial charge on any atom is -0.320 e. The van der Waals surface area contributed by atoms with Crippen LogP contribution >= 0.6 is 11.6 Å². The summed E-state index contributed by atoms with van der Waals surface area (Å²) in [5.74, 6) is 0.645. The molecule has 3 rings (SSSR count). The second kappa shape index (κ2) is 4.44. The van der Waals surface area contributed by atoms with Gasteiger partial charge in [0.25, 0.3) is 5.91 Å². The number of carbonyl (C=O) groups is 1. The van der Waals surface area contributed by atoms with Crippen LogP contribution in [0, 0.1) is 6.92 Å². The second-order valence-electron chi connectivity index (χ2n) is 4.06. The van der Waals surface area contributed by atoms with Gasteiger partial charge in [0, 0.05) is 11.6 Å². The SMILES string of the molecule is Cc1nc(Cl)cc(/N=C2\C(=O)Nc3ccccc32)n1. The Hall–Kier alpha value is -2.27. The lowest BCUT2D eigenvalue weighted by Crippen LogP contribution is -2.14. The van der Waals surface area contributed by atoms with Crippen LogP contribution in [0.2, 0.25) is 5.15 Å². The average molecular weight is 273 g/mol. The van der Waals surface area contributed by atoms with Crippen LogP contribution in [0.25, 0.3) is 0 Å². The molecule has 0 saturated carbocycles. The maximum Gasteiger partial charge on any atom is 0.275 e. The summed E-state index contributed by atoms with van der Waals surface area (Å²) in [7, 11) is 0. The van der Waals surface area contributed by atoms with E-state index in [0.717, 1.165) is 11.3 Å². The van der Waals surface area contributed by atoms with Crippen LogP contribution in [0.15, 0.2) is 35.3 Å². The van der Waals surface area contributed by atoms with Crippen LogP contribution in [0.5, 0.6) is 0 Å². The molecule has 1 aliphatic rings. The van der Waals surface area contributed by atoms with Gasteiger partial charge in [-0.05, 0) is 13.0 Å². The topological polar surface area (TPSA) is 67.2 Å². The van der Waals surface area contributed by atoms with E-state index in [1.165, 1.54) is 6.07 Å². The third-order valence-corrected chi connectivity index (χ3v) is 2.86. The van der Waals surface area contributed by atoms with Gasteiger partial charge in [0.1, 0.15) is 16.7 Å². The molecule has 6 heteroatoms. The molecule has 0 spiro atoms. The fourth-order valence-electron chi connectivity index (χ4n) is 1.90. The smallest absolute Gasteiger partial charge is 0.275 e. The van der Waals surface area contributed by atoms with Crippen LogP contribution in [0.4, 0.5) is 11.5 Å². The fraction of sp³-hybridized carbons (Fsp3) is 0.0769. The minimum absolute atomic E-state index is 0.242. The van der Waals surface area contributed by atoms with Crippen LogP contribution in [-0.4, -0.2) is 21.6 Å². The lowest BCUT2D eigenvalue weighted by Gasteiger charge is -1.99. The Morgan fingerprint density at radius 2 is 2.05 bits per heavy atom. The molecule has 0 atom stereocenters. The van der Waals surface area contributed by atoms with Crippen molar-refractivity contribution < 1.29 is 4.79 Å². The molecule has 5 nitrogen and oxygen atoms in total. The molecule has 0 bridgehead atoms. The Morgan fingerprint density at radius 3 is 2.84 bits per heavy atom. The highest BCUT2D eigenvalue weighted by atomic mass is 35.5. The predicted octanol–water partition coefficient (Wildman–Crippen LogP) is 2.51. The lowest BCUT2D eigenvalue weighted by molar-refractivity contribution is -0.110. The quantitative estimate of drug-likeness (QED) is 0.811. The van der Waals surface area contributed by atoms with Gasteiger partial charge in [0.05, 0.1) is 5.69 Å². The predicted molar refractivity (Wildman–Crippen MR) is 73.0 cm³/mol. The molecule has 1 amide bonds. The van der Waals surface area contributed by atoms with Crippen molar-refractivity contribution in [2.24, 2.45) is 4.99 Å². The van der Waals surface area contributed by atoms with Gasteiger partial charge in [0.2, 0.25) is 0 Å². The molecular formula is C13H9ClN4O. The van der Waals surface area contributed by atoms with Gasteiger partial charge in [-0.25, -0.2) is 15.0 Å². The van der Waals surface area contributed by atoms with Gasteiger partial charge >= 0.3 is 0 Å². The van der Waals surface area contributed by atoms with Crippen LogP contribution in [-0.2, 0) is 4.79 Å². The first-order chi connectivity index (χ1) is 9.13. The van der Waals surface area contributed by atoms with Crippen LogP contribution in [0.1, 0.15) is 11.4 Å². The van der Waals surface area contributed by atoms with Crippen molar-refractivity contribution in [3.05, 3.63) is 46.9 Å². The summed E-state index contributed by atoms with van der Waals surface area (Å²) >= 11 is 5.85. The van der Waals surface area contributed by atoms with Crippen molar-refractivity contribution in [1.29, 1.82) is 0 Å². The maximum atomic E-state index is 11.9. The highest BCUT2D eigenvalue weighted by Gasteiger charge is 2.25. The Kier molecular flexibility index (Phi) is 2.76. The molecule has 0 saturated heterocycles. The Labute approximate surface area is 114 Å².